The van der Waals surface area contributed by atoms with E-state index in [0.717, 1.165) is 17.9 Å². The Balaban J connectivity index is 2.51. The molecule has 2 N–H and O–H groups in total. The molecule has 1 aromatic carbocycles. The second kappa shape index (κ2) is 6.40. The second-order valence-corrected chi connectivity index (χ2v) is 4.69. The van der Waals surface area contributed by atoms with Crippen LogP contribution in [0.2, 0.25) is 0 Å². The molecule has 0 heterocycles. The standard InChI is InChI=1S/C14H22N2O2/c1-5-16-14(2,3)13(17)15-10-11-6-8-12(18-4)9-7-11/h6-9,16H,5,10H2,1-4H3,(H,15,17). The number of likely N-dealkylation sites (N-methyl/N-ethyl adjacent to an activating group) is 1. The van der Waals surface area contributed by atoms with Gasteiger partial charge in [0.25, 0.3) is 0 Å². The molecule has 0 unspecified atom stereocenters. The quantitative estimate of drug-likeness (QED) is 0.808. The summed E-state index contributed by atoms with van der Waals surface area (Å²) in [6.07, 6.45) is 0. The topological polar surface area (TPSA) is 50.4 Å². The molecular formula is C14H22N2O2. The van der Waals surface area contributed by atoms with Gasteiger partial charge in [-0.05, 0) is 38.1 Å². The van der Waals surface area contributed by atoms with Gasteiger partial charge in [-0.25, -0.2) is 0 Å². The number of methoxy groups -OCH3 is 1. The molecular weight excluding hydrogens is 228 g/mol. The predicted molar refractivity (Wildman–Crippen MR) is 72.6 cm³/mol. The maximum absolute atomic E-state index is 12.0. The zero-order valence-corrected chi connectivity index (χ0v) is 11.5. The zero-order chi connectivity index (χ0) is 13.6. The van der Waals surface area contributed by atoms with Crippen LogP contribution in [0.5, 0.6) is 5.75 Å². The third-order valence-corrected chi connectivity index (χ3v) is 2.80. The average Bonchev–Trinajstić information content (AvgIpc) is 2.36. The van der Waals surface area contributed by atoms with Crippen molar-refractivity contribution in [2.75, 3.05) is 13.7 Å². The normalized spacial score (nSPS) is 11.1. The third-order valence-electron chi connectivity index (χ3n) is 2.80. The highest BCUT2D eigenvalue weighted by Gasteiger charge is 2.25. The molecule has 0 saturated heterocycles. The summed E-state index contributed by atoms with van der Waals surface area (Å²) in [6.45, 7) is 7.03. The van der Waals surface area contributed by atoms with Gasteiger partial charge in [-0.1, -0.05) is 19.1 Å². The fourth-order valence-electron chi connectivity index (χ4n) is 1.67. The lowest BCUT2D eigenvalue weighted by Crippen LogP contribution is -2.52. The van der Waals surface area contributed by atoms with E-state index < -0.39 is 5.54 Å². The molecule has 1 aromatic rings. The summed E-state index contributed by atoms with van der Waals surface area (Å²) in [5, 5.41) is 6.06. The Morgan fingerprint density at radius 2 is 1.89 bits per heavy atom. The molecule has 0 bridgehead atoms. The van der Waals surface area contributed by atoms with Gasteiger partial charge >= 0.3 is 0 Å². The van der Waals surface area contributed by atoms with Crippen molar-refractivity contribution in [3.8, 4) is 5.75 Å². The van der Waals surface area contributed by atoms with Gasteiger partial charge in [0.05, 0.1) is 12.6 Å². The molecule has 4 nitrogen and oxygen atoms in total. The summed E-state index contributed by atoms with van der Waals surface area (Å²) in [6, 6.07) is 7.66. The molecule has 0 radical (unpaired) electrons. The Hall–Kier alpha value is -1.55. The number of hydrogen-bond acceptors (Lipinski definition) is 3. The van der Waals surface area contributed by atoms with Crippen molar-refractivity contribution in [1.29, 1.82) is 0 Å². The lowest BCUT2D eigenvalue weighted by Gasteiger charge is -2.24. The van der Waals surface area contributed by atoms with Crippen molar-refractivity contribution < 1.29 is 9.53 Å². The number of carbonyl (C=O) groups excluding carboxylic acids is 1. The van der Waals surface area contributed by atoms with Crippen LogP contribution in [0.1, 0.15) is 26.3 Å². The summed E-state index contributed by atoms with van der Waals surface area (Å²) in [5.74, 6) is 0.818. The minimum Gasteiger partial charge on any atom is -0.497 e. The summed E-state index contributed by atoms with van der Waals surface area (Å²) in [7, 11) is 1.63. The fraction of sp³-hybridized carbons (Fsp3) is 0.500. The first-order chi connectivity index (χ1) is 8.49. The van der Waals surface area contributed by atoms with Crippen molar-refractivity contribution >= 4 is 5.91 Å². The summed E-state index contributed by atoms with van der Waals surface area (Å²) in [4.78, 5) is 12.0. The van der Waals surface area contributed by atoms with Crippen LogP contribution in [0.3, 0.4) is 0 Å². The number of hydrogen-bond donors (Lipinski definition) is 2. The van der Waals surface area contributed by atoms with Gasteiger partial charge in [0.15, 0.2) is 0 Å². The molecule has 1 rings (SSSR count). The predicted octanol–water partition coefficient (Wildman–Crippen LogP) is 1.70. The van der Waals surface area contributed by atoms with Gasteiger partial charge in [0, 0.05) is 6.54 Å². The van der Waals surface area contributed by atoms with E-state index >= 15 is 0 Å². The largest absolute Gasteiger partial charge is 0.497 e. The number of rotatable bonds is 6. The monoisotopic (exact) mass is 250 g/mol. The summed E-state index contributed by atoms with van der Waals surface area (Å²) >= 11 is 0. The first-order valence-corrected chi connectivity index (χ1v) is 6.16. The SMILES string of the molecule is CCNC(C)(C)C(=O)NCc1ccc(OC)cc1. The maximum Gasteiger partial charge on any atom is 0.239 e. The first-order valence-electron chi connectivity index (χ1n) is 6.16. The van der Waals surface area contributed by atoms with Gasteiger partial charge in [0.1, 0.15) is 5.75 Å². The van der Waals surface area contributed by atoms with E-state index in [1.807, 2.05) is 45.0 Å². The highest BCUT2D eigenvalue weighted by Crippen LogP contribution is 2.11. The lowest BCUT2D eigenvalue weighted by atomic mass is 10.0. The number of carbonyl (C=O) groups is 1. The van der Waals surface area contributed by atoms with E-state index in [4.69, 9.17) is 4.74 Å². The van der Waals surface area contributed by atoms with E-state index in [1.54, 1.807) is 7.11 Å². The maximum atomic E-state index is 12.0. The molecule has 4 heteroatoms. The molecule has 0 aliphatic carbocycles. The van der Waals surface area contributed by atoms with E-state index in [2.05, 4.69) is 10.6 Å². The van der Waals surface area contributed by atoms with Crippen LogP contribution in [-0.4, -0.2) is 25.1 Å². The van der Waals surface area contributed by atoms with Gasteiger partial charge < -0.3 is 15.4 Å². The Morgan fingerprint density at radius 1 is 1.28 bits per heavy atom. The highest BCUT2D eigenvalue weighted by atomic mass is 16.5. The zero-order valence-electron chi connectivity index (χ0n) is 11.5. The van der Waals surface area contributed by atoms with Crippen molar-refractivity contribution in [2.24, 2.45) is 0 Å². The van der Waals surface area contributed by atoms with Gasteiger partial charge in [-0.3, -0.25) is 4.79 Å². The fourth-order valence-corrected chi connectivity index (χ4v) is 1.67. The van der Waals surface area contributed by atoms with Gasteiger partial charge in [-0.15, -0.1) is 0 Å². The molecule has 18 heavy (non-hydrogen) atoms. The van der Waals surface area contributed by atoms with Crippen molar-refractivity contribution in [3.05, 3.63) is 29.8 Å². The minimum absolute atomic E-state index is 0.000156. The van der Waals surface area contributed by atoms with Gasteiger partial charge in [-0.2, -0.15) is 0 Å². The molecule has 0 atom stereocenters. The van der Waals surface area contributed by atoms with Crippen LogP contribution in [0.15, 0.2) is 24.3 Å². The van der Waals surface area contributed by atoms with E-state index in [1.165, 1.54) is 0 Å². The Labute approximate surface area is 109 Å². The highest BCUT2D eigenvalue weighted by molar-refractivity contribution is 5.85. The summed E-state index contributed by atoms with van der Waals surface area (Å²) < 4.78 is 5.08. The molecule has 1 amide bonds. The van der Waals surface area contributed by atoms with Gasteiger partial charge in [0.2, 0.25) is 5.91 Å². The summed E-state index contributed by atoms with van der Waals surface area (Å²) in [5.41, 5.74) is 0.512. The van der Waals surface area contributed by atoms with E-state index in [-0.39, 0.29) is 5.91 Å². The lowest BCUT2D eigenvalue weighted by molar-refractivity contribution is -0.126. The third kappa shape index (κ3) is 4.04. The van der Waals surface area contributed by atoms with Crippen molar-refractivity contribution in [1.82, 2.24) is 10.6 Å². The minimum atomic E-state index is -0.540. The smallest absolute Gasteiger partial charge is 0.239 e. The van der Waals surface area contributed by atoms with Crippen molar-refractivity contribution in [3.63, 3.8) is 0 Å². The Bertz CT molecular complexity index is 385. The first kappa shape index (κ1) is 14.5. The van der Waals surface area contributed by atoms with Crippen molar-refractivity contribution in [2.45, 2.75) is 32.9 Å². The molecule has 0 saturated carbocycles. The van der Waals surface area contributed by atoms with Crippen LogP contribution in [-0.2, 0) is 11.3 Å². The molecule has 0 aromatic heterocycles. The molecule has 0 fully saturated rings. The van der Waals surface area contributed by atoms with E-state index in [0.29, 0.717) is 6.54 Å². The number of ether oxygens (including phenoxy) is 1. The van der Waals surface area contributed by atoms with Crippen LogP contribution in [0, 0.1) is 0 Å². The van der Waals surface area contributed by atoms with Crippen LogP contribution < -0.4 is 15.4 Å². The van der Waals surface area contributed by atoms with Crippen LogP contribution >= 0.6 is 0 Å². The Kier molecular flexibility index (Phi) is 5.16. The molecule has 0 aliphatic rings. The number of benzene rings is 1. The Morgan fingerprint density at radius 3 is 2.39 bits per heavy atom. The number of amides is 1. The molecule has 0 spiro atoms. The number of nitrogens with one attached hydrogen (secondary N) is 2. The molecule has 0 aliphatic heterocycles. The van der Waals surface area contributed by atoms with E-state index in [9.17, 15) is 4.79 Å². The van der Waals surface area contributed by atoms with Crippen LogP contribution in [0.4, 0.5) is 0 Å². The average molecular weight is 250 g/mol. The molecule has 100 valence electrons. The van der Waals surface area contributed by atoms with Crippen LogP contribution in [0.25, 0.3) is 0 Å². The second-order valence-electron chi connectivity index (χ2n) is 4.69.